The molecule has 0 spiro atoms. The van der Waals surface area contributed by atoms with Crippen LogP contribution >= 0.6 is 0 Å². The fraction of sp³-hybridized carbons (Fsp3) is 0. The summed E-state index contributed by atoms with van der Waals surface area (Å²) >= 11 is 0. The molecule has 3 aromatic carbocycles. The Hall–Kier alpha value is -4.26. The van der Waals surface area contributed by atoms with Gasteiger partial charge in [-0.15, -0.1) is 0 Å². The molecule has 7 heteroatoms. The average molecular weight is 404 g/mol. The van der Waals surface area contributed by atoms with Gasteiger partial charge in [0.15, 0.2) is 11.6 Å². The second-order valence-electron chi connectivity index (χ2n) is 6.18. The first-order valence-corrected chi connectivity index (χ1v) is 8.78. The van der Waals surface area contributed by atoms with Gasteiger partial charge in [-0.05, 0) is 46.5 Å². The van der Waals surface area contributed by atoms with Gasteiger partial charge in [0, 0.05) is 6.08 Å². The molecule has 0 radical (unpaired) electrons. The lowest BCUT2D eigenvalue weighted by Crippen LogP contribution is -2.27. The molecule has 0 fully saturated rings. The summed E-state index contributed by atoms with van der Waals surface area (Å²) in [6.07, 6.45) is 1.09. The normalized spacial score (nSPS) is 10.2. The second-order valence-corrected chi connectivity index (χ2v) is 6.18. The molecule has 0 saturated heterocycles. The van der Waals surface area contributed by atoms with Crippen LogP contribution in [-0.2, 0) is 9.59 Å². The molecular formula is C23H17FN2O4. The summed E-state index contributed by atoms with van der Waals surface area (Å²) in [6.45, 7) is 3.35. The number of rotatable bonds is 5. The maximum atomic E-state index is 14.2. The SMILES string of the molecule is C=CC(=O)Oc1ccc(-c2ccc(-c3ccc(OC(=O)C(=N)N)c(F)c3)cc2)cc1. The molecule has 3 rings (SSSR count). The standard InChI is InChI=1S/C23H17FN2O4/c1-2-21(27)29-18-10-7-15(8-11-18)14-3-5-16(6-4-14)17-9-12-20(19(24)13-17)30-23(28)22(25)26/h2-13H,1H2,(H3,25,26). The zero-order chi connectivity index (χ0) is 21.7. The number of hydrogen-bond donors (Lipinski definition) is 2. The number of halogens is 1. The Balaban J connectivity index is 1.76. The van der Waals surface area contributed by atoms with Crippen LogP contribution in [0.5, 0.6) is 11.5 Å². The lowest BCUT2D eigenvalue weighted by Gasteiger charge is -2.08. The Labute approximate surface area is 171 Å². The van der Waals surface area contributed by atoms with Crippen LogP contribution in [0.1, 0.15) is 0 Å². The van der Waals surface area contributed by atoms with E-state index < -0.39 is 23.6 Å². The van der Waals surface area contributed by atoms with Gasteiger partial charge in [-0.3, -0.25) is 5.41 Å². The first-order chi connectivity index (χ1) is 14.4. The molecule has 0 aliphatic carbocycles. The Morgan fingerprint density at radius 1 is 0.867 bits per heavy atom. The molecule has 6 nitrogen and oxygen atoms in total. The van der Waals surface area contributed by atoms with E-state index in [0.717, 1.165) is 22.8 Å². The minimum atomic E-state index is -1.11. The van der Waals surface area contributed by atoms with Crippen LogP contribution in [0.4, 0.5) is 4.39 Å². The molecule has 0 unspecified atom stereocenters. The maximum Gasteiger partial charge on any atom is 0.378 e. The number of carbonyl (C=O) groups excluding carboxylic acids is 2. The van der Waals surface area contributed by atoms with E-state index in [1.54, 1.807) is 18.2 Å². The quantitative estimate of drug-likeness (QED) is 0.219. The molecule has 3 aromatic rings. The number of amidine groups is 1. The van der Waals surface area contributed by atoms with Crippen LogP contribution in [0.15, 0.2) is 79.4 Å². The number of ether oxygens (including phenoxy) is 2. The van der Waals surface area contributed by atoms with Crippen molar-refractivity contribution in [1.82, 2.24) is 0 Å². The first-order valence-electron chi connectivity index (χ1n) is 8.78. The minimum Gasteiger partial charge on any atom is -0.423 e. The van der Waals surface area contributed by atoms with Crippen LogP contribution in [0.25, 0.3) is 22.3 Å². The fourth-order valence-corrected chi connectivity index (χ4v) is 2.65. The summed E-state index contributed by atoms with van der Waals surface area (Å²) < 4.78 is 24.0. The lowest BCUT2D eigenvalue weighted by molar-refractivity contribution is -0.129. The van der Waals surface area contributed by atoms with Crippen molar-refractivity contribution in [2.24, 2.45) is 5.73 Å². The number of esters is 2. The van der Waals surface area contributed by atoms with E-state index in [4.69, 9.17) is 20.6 Å². The molecule has 0 amide bonds. The van der Waals surface area contributed by atoms with E-state index in [2.05, 4.69) is 6.58 Å². The van der Waals surface area contributed by atoms with Crippen molar-refractivity contribution < 1.29 is 23.5 Å². The molecule has 0 saturated carbocycles. The summed E-state index contributed by atoms with van der Waals surface area (Å²) in [4.78, 5) is 22.5. The molecule has 0 bridgehead atoms. The van der Waals surface area contributed by atoms with Gasteiger partial charge >= 0.3 is 11.9 Å². The van der Waals surface area contributed by atoms with Crippen LogP contribution in [0, 0.1) is 11.2 Å². The molecule has 150 valence electrons. The molecule has 0 heterocycles. The Morgan fingerprint density at radius 2 is 1.37 bits per heavy atom. The van der Waals surface area contributed by atoms with E-state index in [1.807, 2.05) is 36.4 Å². The average Bonchev–Trinajstić information content (AvgIpc) is 2.75. The molecule has 30 heavy (non-hydrogen) atoms. The van der Waals surface area contributed by atoms with E-state index >= 15 is 0 Å². The van der Waals surface area contributed by atoms with Crippen LogP contribution in [0.3, 0.4) is 0 Å². The van der Waals surface area contributed by atoms with Gasteiger partial charge in [-0.1, -0.05) is 49.0 Å². The summed E-state index contributed by atoms with van der Waals surface area (Å²) in [5.74, 6) is -3.07. The highest BCUT2D eigenvalue weighted by atomic mass is 19.1. The first kappa shape index (κ1) is 20.5. The monoisotopic (exact) mass is 404 g/mol. The van der Waals surface area contributed by atoms with E-state index in [0.29, 0.717) is 11.3 Å². The van der Waals surface area contributed by atoms with Crippen molar-refractivity contribution >= 4 is 17.8 Å². The number of nitrogens with one attached hydrogen (secondary N) is 1. The minimum absolute atomic E-state index is 0.298. The number of hydrogen-bond acceptors (Lipinski definition) is 5. The van der Waals surface area contributed by atoms with Crippen LogP contribution in [-0.4, -0.2) is 17.8 Å². The van der Waals surface area contributed by atoms with Crippen LogP contribution in [0.2, 0.25) is 0 Å². The van der Waals surface area contributed by atoms with Gasteiger partial charge in [0.05, 0.1) is 0 Å². The Bertz CT molecular complexity index is 1120. The Kier molecular flexibility index (Phi) is 6.03. The third-order valence-corrected chi connectivity index (χ3v) is 4.15. The molecule has 0 aliphatic rings. The fourth-order valence-electron chi connectivity index (χ4n) is 2.65. The predicted molar refractivity (Wildman–Crippen MR) is 111 cm³/mol. The van der Waals surface area contributed by atoms with Crippen LogP contribution < -0.4 is 15.2 Å². The topological polar surface area (TPSA) is 102 Å². The maximum absolute atomic E-state index is 14.2. The molecule has 0 aliphatic heterocycles. The highest BCUT2D eigenvalue weighted by molar-refractivity contribution is 6.33. The molecular weight excluding hydrogens is 387 g/mol. The van der Waals surface area contributed by atoms with Gasteiger partial charge < -0.3 is 15.2 Å². The smallest absolute Gasteiger partial charge is 0.378 e. The second kappa shape index (κ2) is 8.83. The molecule has 0 aromatic heterocycles. The zero-order valence-electron chi connectivity index (χ0n) is 15.7. The number of carbonyl (C=O) groups is 2. The van der Waals surface area contributed by atoms with Gasteiger partial charge in [0.1, 0.15) is 5.75 Å². The summed E-state index contributed by atoms with van der Waals surface area (Å²) in [7, 11) is 0. The molecule has 3 N–H and O–H groups in total. The van der Waals surface area contributed by atoms with Crippen molar-refractivity contribution in [2.45, 2.75) is 0 Å². The lowest BCUT2D eigenvalue weighted by atomic mass is 10.00. The van der Waals surface area contributed by atoms with Gasteiger partial charge in [-0.25, -0.2) is 14.0 Å². The van der Waals surface area contributed by atoms with Crippen molar-refractivity contribution in [3.63, 3.8) is 0 Å². The summed E-state index contributed by atoms with van der Waals surface area (Å²) in [5, 5.41) is 6.99. The van der Waals surface area contributed by atoms with Crippen molar-refractivity contribution in [3.05, 3.63) is 85.2 Å². The third-order valence-electron chi connectivity index (χ3n) is 4.15. The van der Waals surface area contributed by atoms with Gasteiger partial charge in [0.2, 0.25) is 5.84 Å². The third kappa shape index (κ3) is 4.77. The van der Waals surface area contributed by atoms with Crippen molar-refractivity contribution in [2.75, 3.05) is 0 Å². The van der Waals surface area contributed by atoms with Crippen molar-refractivity contribution in [1.29, 1.82) is 5.41 Å². The van der Waals surface area contributed by atoms with Crippen molar-refractivity contribution in [3.8, 4) is 33.8 Å². The Morgan fingerprint density at radius 3 is 1.87 bits per heavy atom. The van der Waals surface area contributed by atoms with E-state index in [1.165, 1.54) is 12.1 Å². The largest absolute Gasteiger partial charge is 0.423 e. The van der Waals surface area contributed by atoms with Gasteiger partial charge in [0.25, 0.3) is 0 Å². The summed E-state index contributed by atoms with van der Waals surface area (Å²) in [6, 6.07) is 18.6. The van der Waals surface area contributed by atoms with E-state index in [-0.39, 0.29) is 5.75 Å². The van der Waals surface area contributed by atoms with E-state index in [9.17, 15) is 14.0 Å². The predicted octanol–water partition coefficient (Wildman–Crippen LogP) is 4.09. The molecule has 0 atom stereocenters. The number of benzene rings is 3. The highest BCUT2D eigenvalue weighted by Gasteiger charge is 2.13. The van der Waals surface area contributed by atoms with Gasteiger partial charge in [-0.2, -0.15) is 0 Å². The zero-order valence-corrected chi connectivity index (χ0v) is 15.7. The highest BCUT2D eigenvalue weighted by Crippen LogP contribution is 2.29. The number of nitrogens with two attached hydrogens (primary N) is 1. The summed E-state index contributed by atoms with van der Waals surface area (Å²) in [5.41, 5.74) is 8.21.